The van der Waals surface area contributed by atoms with Crippen LogP contribution in [0.2, 0.25) is 10.0 Å². The third-order valence-corrected chi connectivity index (χ3v) is 3.11. The van der Waals surface area contributed by atoms with Gasteiger partial charge in [0.1, 0.15) is 5.75 Å². The quantitative estimate of drug-likeness (QED) is 0.723. The second-order valence-electron chi connectivity index (χ2n) is 3.98. The summed E-state index contributed by atoms with van der Waals surface area (Å²) in [6.07, 6.45) is -2.79. The summed E-state index contributed by atoms with van der Waals surface area (Å²) in [5.41, 5.74) is 0.190. The highest BCUT2D eigenvalue weighted by Crippen LogP contribution is 2.31. The van der Waals surface area contributed by atoms with Gasteiger partial charge in [-0.3, -0.25) is 0 Å². The van der Waals surface area contributed by atoms with E-state index in [1.807, 2.05) is 0 Å². The topological polar surface area (TPSA) is 52.3 Å². The van der Waals surface area contributed by atoms with Crippen molar-refractivity contribution >= 4 is 28.8 Å². The number of alkyl halides is 2. The molecular weight excluding hydrogens is 325 g/mol. The van der Waals surface area contributed by atoms with E-state index in [-0.39, 0.29) is 17.3 Å². The van der Waals surface area contributed by atoms with Crippen LogP contribution in [0.3, 0.4) is 0 Å². The van der Waals surface area contributed by atoms with Crippen molar-refractivity contribution in [2.45, 2.75) is 6.43 Å². The molecule has 0 saturated carbocycles. The Morgan fingerprint density at radius 3 is 2.67 bits per heavy atom. The second kappa shape index (κ2) is 5.42. The fraction of sp³-hybridized carbons (Fsp3) is 0.0833. The summed E-state index contributed by atoms with van der Waals surface area (Å²) in [5, 5.41) is 11.6. The molecule has 3 aromatic rings. The first kappa shape index (κ1) is 14.0. The minimum Gasteiger partial charge on any atom is -0.436 e. The molecule has 2 aromatic heterocycles. The Bertz CT molecular complexity index is 809. The van der Waals surface area contributed by atoms with E-state index in [4.69, 9.17) is 27.9 Å². The number of hydrogen-bond donors (Lipinski definition) is 0. The van der Waals surface area contributed by atoms with E-state index in [2.05, 4.69) is 15.3 Å². The van der Waals surface area contributed by atoms with Crippen molar-refractivity contribution in [2.75, 3.05) is 0 Å². The van der Waals surface area contributed by atoms with E-state index in [9.17, 15) is 8.78 Å². The molecule has 0 aliphatic carbocycles. The normalized spacial score (nSPS) is 11.3. The van der Waals surface area contributed by atoms with Crippen molar-refractivity contribution in [3.8, 4) is 11.6 Å². The average molecular weight is 331 g/mol. The zero-order valence-corrected chi connectivity index (χ0v) is 11.7. The van der Waals surface area contributed by atoms with Gasteiger partial charge in [0.25, 0.3) is 6.43 Å². The number of fused-ring (bicyclic) bond motifs is 1. The van der Waals surface area contributed by atoms with Crippen LogP contribution < -0.4 is 4.74 Å². The lowest BCUT2D eigenvalue weighted by molar-refractivity contribution is 0.137. The summed E-state index contributed by atoms with van der Waals surface area (Å²) in [6.45, 7) is 0. The number of halogens is 4. The van der Waals surface area contributed by atoms with E-state index in [0.717, 1.165) is 4.52 Å². The van der Waals surface area contributed by atoms with Crippen LogP contribution in [0.4, 0.5) is 8.78 Å². The summed E-state index contributed by atoms with van der Waals surface area (Å²) >= 11 is 11.8. The number of ether oxygens (including phenoxy) is 1. The zero-order chi connectivity index (χ0) is 15.0. The monoisotopic (exact) mass is 330 g/mol. The molecule has 3 rings (SSSR count). The van der Waals surface area contributed by atoms with Crippen LogP contribution in [0.1, 0.15) is 12.2 Å². The minimum absolute atomic E-state index is 0.0633. The zero-order valence-electron chi connectivity index (χ0n) is 10.2. The summed E-state index contributed by atoms with van der Waals surface area (Å²) < 4.78 is 31.9. The third kappa shape index (κ3) is 2.74. The van der Waals surface area contributed by atoms with E-state index in [1.165, 1.54) is 18.2 Å². The number of hydrogen-bond acceptors (Lipinski definition) is 4. The second-order valence-corrected chi connectivity index (χ2v) is 4.82. The molecule has 9 heteroatoms. The highest BCUT2D eigenvalue weighted by Gasteiger charge is 2.17. The molecule has 0 spiro atoms. The largest absolute Gasteiger partial charge is 0.436 e. The molecule has 0 aliphatic heterocycles. The number of aromatic nitrogens is 4. The smallest absolute Gasteiger partial charge is 0.299 e. The molecule has 5 nitrogen and oxygen atoms in total. The molecule has 0 bridgehead atoms. The molecule has 0 atom stereocenters. The molecule has 0 aliphatic rings. The van der Waals surface area contributed by atoms with Crippen LogP contribution in [0.5, 0.6) is 11.6 Å². The minimum atomic E-state index is -2.79. The maximum atomic E-state index is 12.8. The summed E-state index contributed by atoms with van der Waals surface area (Å²) in [5.74, 6) is -0.233. The summed E-state index contributed by atoms with van der Waals surface area (Å²) in [7, 11) is 0. The molecule has 108 valence electrons. The fourth-order valence-electron chi connectivity index (χ4n) is 1.65. The predicted molar refractivity (Wildman–Crippen MR) is 72.3 cm³/mol. The molecule has 21 heavy (non-hydrogen) atoms. The van der Waals surface area contributed by atoms with Crippen molar-refractivity contribution in [3.63, 3.8) is 0 Å². The SMILES string of the molecule is FC(F)c1nnc2ccc(Oc3cc(Cl)ccc3Cl)nn12. The maximum absolute atomic E-state index is 12.8. The van der Waals surface area contributed by atoms with Crippen molar-refractivity contribution < 1.29 is 13.5 Å². The Hall–Kier alpha value is -1.99. The first-order valence-corrected chi connectivity index (χ1v) is 6.43. The predicted octanol–water partition coefficient (Wildman–Crippen LogP) is 4.16. The molecule has 0 saturated heterocycles. The molecule has 1 aromatic carbocycles. The molecule has 0 N–H and O–H groups in total. The Balaban J connectivity index is 2.01. The Morgan fingerprint density at radius 1 is 1.10 bits per heavy atom. The van der Waals surface area contributed by atoms with E-state index in [1.54, 1.807) is 12.1 Å². The number of rotatable bonds is 3. The molecule has 0 unspecified atom stereocenters. The molecule has 0 fully saturated rings. The van der Waals surface area contributed by atoms with Gasteiger partial charge in [-0.05, 0) is 18.2 Å². The third-order valence-electron chi connectivity index (χ3n) is 2.57. The van der Waals surface area contributed by atoms with Crippen LogP contribution in [-0.2, 0) is 0 Å². The van der Waals surface area contributed by atoms with Crippen LogP contribution in [0, 0.1) is 0 Å². The van der Waals surface area contributed by atoms with Gasteiger partial charge in [-0.2, -0.15) is 4.52 Å². The van der Waals surface area contributed by atoms with Crippen LogP contribution in [0.15, 0.2) is 30.3 Å². The van der Waals surface area contributed by atoms with Gasteiger partial charge >= 0.3 is 0 Å². The van der Waals surface area contributed by atoms with Crippen molar-refractivity contribution in [2.24, 2.45) is 0 Å². The van der Waals surface area contributed by atoms with Crippen LogP contribution in [0.25, 0.3) is 5.65 Å². The molecular formula is C12H6Cl2F2N4O. The Labute approximate surface area is 127 Å². The van der Waals surface area contributed by atoms with Gasteiger partial charge in [0.05, 0.1) is 5.02 Å². The first-order valence-electron chi connectivity index (χ1n) is 5.68. The maximum Gasteiger partial charge on any atom is 0.299 e. The lowest BCUT2D eigenvalue weighted by Crippen LogP contribution is -2.01. The highest BCUT2D eigenvalue weighted by atomic mass is 35.5. The van der Waals surface area contributed by atoms with Crippen molar-refractivity contribution in [3.05, 3.63) is 46.2 Å². The summed E-state index contributed by atoms with van der Waals surface area (Å²) in [6, 6.07) is 7.58. The lowest BCUT2D eigenvalue weighted by Gasteiger charge is -2.07. The van der Waals surface area contributed by atoms with Gasteiger partial charge in [-0.1, -0.05) is 23.2 Å². The van der Waals surface area contributed by atoms with Gasteiger partial charge in [0, 0.05) is 17.2 Å². The van der Waals surface area contributed by atoms with E-state index >= 15 is 0 Å². The molecule has 0 amide bonds. The van der Waals surface area contributed by atoms with Crippen molar-refractivity contribution in [1.29, 1.82) is 0 Å². The average Bonchev–Trinajstić information content (AvgIpc) is 2.86. The Kier molecular flexibility index (Phi) is 3.60. The van der Waals surface area contributed by atoms with Gasteiger partial charge in [-0.25, -0.2) is 8.78 Å². The molecule has 2 heterocycles. The van der Waals surface area contributed by atoms with Crippen molar-refractivity contribution in [1.82, 2.24) is 19.8 Å². The number of benzene rings is 1. The first-order chi connectivity index (χ1) is 10.0. The number of nitrogens with zero attached hydrogens (tertiary/aromatic N) is 4. The van der Waals surface area contributed by atoms with Gasteiger partial charge in [0.15, 0.2) is 5.65 Å². The van der Waals surface area contributed by atoms with Gasteiger partial charge in [0.2, 0.25) is 11.7 Å². The lowest BCUT2D eigenvalue weighted by atomic mass is 10.3. The van der Waals surface area contributed by atoms with Gasteiger partial charge < -0.3 is 4.74 Å². The van der Waals surface area contributed by atoms with Crippen LogP contribution >= 0.6 is 23.2 Å². The summed E-state index contributed by atoms with van der Waals surface area (Å²) in [4.78, 5) is 0. The standard InChI is InChI=1S/C12H6Cl2F2N4O/c13-6-1-2-7(14)8(5-6)21-10-4-3-9-17-18-12(11(15)16)20(9)19-10/h1-5,11H. The fourth-order valence-corrected chi connectivity index (χ4v) is 1.97. The Morgan fingerprint density at radius 2 is 1.90 bits per heavy atom. The highest BCUT2D eigenvalue weighted by molar-refractivity contribution is 6.34. The molecule has 0 radical (unpaired) electrons. The van der Waals surface area contributed by atoms with Gasteiger partial charge in [-0.15, -0.1) is 15.3 Å². The van der Waals surface area contributed by atoms with E-state index in [0.29, 0.717) is 10.0 Å². The van der Waals surface area contributed by atoms with E-state index < -0.39 is 12.2 Å². The van der Waals surface area contributed by atoms with Crippen LogP contribution in [-0.4, -0.2) is 19.8 Å².